The molecule has 0 amide bonds. The van der Waals surface area contributed by atoms with E-state index < -0.39 is 0 Å². The third-order valence-electron chi connectivity index (χ3n) is 4.25. The molecule has 2 heterocycles. The molecule has 2 aromatic heterocycles. The fourth-order valence-electron chi connectivity index (χ4n) is 2.95. The van der Waals surface area contributed by atoms with Gasteiger partial charge >= 0.3 is 0 Å². The Morgan fingerprint density at radius 3 is 2.33 bits per heavy atom. The van der Waals surface area contributed by atoms with E-state index in [0.717, 1.165) is 26.3 Å². The monoisotopic (exact) mass is 393 g/mol. The summed E-state index contributed by atoms with van der Waals surface area (Å²) in [5, 5.41) is 11.6. The molecule has 4 aromatic rings. The molecule has 6 heteroatoms. The van der Waals surface area contributed by atoms with Crippen LogP contribution in [0.4, 0.5) is 0 Å². The minimum Gasteiger partial charge on any atom is -0.426 e. The average molecular weight is 394 g/mol. The molecule has 4 rings (SSSR count). The second-order valence-corrected chi connectivity index (χ2v) is 7.24. The largest absolute Gasteiger partial charge is 0.426 e. The van der Waals surface area contributed by atoms with E-state index in [1.807, 2.05) is 66.9 Å². The van der Waals surface area contributed by atoms with E-state index >= 15 is 0 Å². The fraction of sp³-hybridized carbons (Fsp3) is 0.0476. The summed E-state index contributed by atoms with van der Waals surface area (Å²) in [6.07, 6.45) is 5.41. The quantitative estimate of drug-likeness (QED) is 0.347. The highest BCUT2D eigenvalue weighted by Gasteiger charge is 2.21. The third kappa shape index (κ3) is 3.44. The summed E-state index contributed by atoms with van der Waals surface area (Å²) in [7, 11) is 0. The first-order valence-corrected chi connectivity index (χ1v) is 9.90. The van der Waals surface area contributed by atoms with E-state index in [1.54, 1.807) is 24.2 Å². The van der Waals surface area contributed by atoms with Gasteiger partial charge in [-0.1, -0.05) is 35.9 Å². The zero-order chi connectivity index (χ0) is 18.8. The second kappa shape index (κ2) is 7.47. The van der Waals surface area contributed by atoms with Crippen molar-refractivity contribution in [2.75, 3.05) is 6.26 Å². The summed E-state index contributed by atoms with van der Waals surface area (Å²) in [5.41, 5.74) is 3.75. The summed E-state index contributed by atoms with van der Waals surface area (Å²) < 4.78 is 1.14. The first-order valence-electron chi connectivity index (χ1n) is 8.30. The predicted molar refractivity (Wildman–Crippen MR) is 110 cm³/mol. The maximum absolute atomic E-state index is 11.0. The van der Waals surface area contributed by atoms with Crippen molar-refractivity contribution in [1.82, 2.24) is 14.7 Å². The summed E-state index contributed by atoms with van der Waals surface area (Å²) >= 11 is 7.85. The highest BCUT2D eigenvalue weighted by Crippen LogP contribution is 2.36. The van der Waals surface area contributed by atoms with Crippen LogP contribution in [-0.4, -0.2) is 26.2 Å². The molecular formula is C21H16ClN3OS. The number of hydrogen-bond donors (Lipinski definition) is 1. The van der Waals surface area contributed by atoms with E-state index in [9.17, 15) is 5.21 Å². The van der Waals surface area contributed by atoms with E-state index in [0.29, 0.717) is 22.2 Å². The van der Waals surface area contributed by atoms with Gasteiger partial charge in [0, 0.05) is 39.0 Å². The van der Waals surface area contributed by atoms with Gasteiger partial charge in [0.05, 0.1) is 0 Å². The van der Waals surface area contributed by atoms with Crippen molar-refractivity contribution in [2.45, 2.75) is 4.90 Å². The zero-order valence-electron chi connectivity index (χ0n) is 14.5. The van der Waals surface area contributed by atoms with Gasteiger partial charge in [-0.25, -0.2) is 4.98 Å². The van der Waals surface area contributed by atoms with Crippen LogP contribution in [0.3, 0.4) is 0 Å². The number of benzene rings is 2. The lowest BCUT2D eigenvalue weighted by Crippen LogP contribution is -1.97. The van der Waals surface area contributed by atoms with Crippen LogP contribution in [0.15, 0.2) is 78.0 Å². The summed E-state index contributed by atoms with van der Waals surface area (Å²) in [6, 6.07) is 19.1. The maximum Gasteiger partial charge on any atom is 0.176 e. The van der Waals surface area contributed by atoms with E-state index in [-0.39, 0.29) is 0 Å². The van der Waals surface area contributed by atoms with Crippen molar-refractivity contribution < 1.29 is 5.21 Å². The van der Waals surface area contributed by atoms with Crippen LogP contribution in [0.5, 0.6) is 0 Å². The molecule has 134 valence electrons. The molecule has 0 aliphatic rings. The van der Waals surface area contributed by atoms with E-state index in [1.165, 1.54) is 0 Å². The lowest BCUT2D eigenvalue weighted by atomic mass is 10.1. The van der Waals surface area contributed by atoms with Crippen molar-refractivity contribution in [3.8, 4) is 33.9 Å². The number of pyridine rings is 1. The number of imidazole rings is 1. The summed E-state index contributed by atoms with van der Waals surface area (Å²) in [6.45, 7) is 0. The van der Waals surface area contributed by atoms with Crippen LogP contribution in [0, 0.1) is 0 Å². The molecule has 0 aliphatic heterocycles. The third-order valence-corrected chi connectivity index (χ3v) is 5.23. The van der Waals surface area contributed by atoms with Crippen LogP contribution >= 0.6 is 23.4 Å². The van der Waals surface area contributed by atoms with Gasteiger partial charge in [-0.3, -0.25) is 4.98 Å². The Bertz CT molecular complexity index is 1080. The van der Waals surface area contributed by atoms with Crippen LogP contribution in [0.25, 0.3) is 33.9 Å². The van der Waals surface area contributed by atoms with Crippen molar-refractivity contribution in [2.24, 2.45) is 0 Å². The Kier molecular flexibility index (Phi) is 4.88. The molecule has 1 N–H and O–H groups in total. The Balaban J connectivity index is 1.94. The van der Waals surface area contributed by atoms with Gasteiger partial charge in [0.15, 0.2) is 5.82 Å². The number of halogens is 1. The number of rotatable bonds is 4. The maximum atomic E-state index is 11.0. The van der Waals surface area contributed by atoms with Crippen LogP contribution < -0.4 is 0 Å². The van der Waals surface area contributed by atoms with Gasteiger partial charge in [-0.15, -0.1) is 11.8 Å². The summed E-state index contributed by atoms with van der Waals surface area (Å²) in [4.78, 5) is 9.97. The molecule has 0 aliphatic carbocycles. The Hall–Kier alpha value is -2.76. The van der Waals surface area contributed by atoms with Gasteiger partial charge in [0.1, 0.15) is 11.4 Å². The normalized spacial score (nSPS) is 10.9. The first kappa shape index (κ1) is 17.6. The first-order chi connectivity index (χ1) is 13.2. The van der Waals surface area contributed by atoms with Gasteiger partial charge in [-0.05, 0) is 42.7 Å². The zero-order valence-corrected chi connectivity index (χ0v) is 16.1. The fourth-order valence-corrected chi connectivity index (χ4v) is 3.54. The lowest BCUT2D eigenvalue weighted by Gasteiger charge is -2.06. The van der Waals surface area contributed by atoms with Crippen LogP contribution in [0.1, 0.15) is 0 Å². The van der Waals surface area contributed by atoms with Gasteiger partial charge in [-0.2, -0.15) is 4.73 Å². The van der Waals surface area contributed by atoms with Crippen molar-refractivity contribution in [3.63, 3.8) is 0 Å². The Morgan fingerprint density at radius 1 is 0.926 bits per heavy atom. The standard InChI is InChI=1S/C21H16ClN3OS/c1-27-18-7-5-15(6-8-18)21-24-19(16-3-2-4-17(22)13-16)20(25(21)26)14-9-11-23-12-10-14/h2-13,26H,1H3. The lowest BCUT2D eigenvalue weighted by molar-refractivity contribution is 0.195. The Morgan fingerprint density at radius 2 is 1.67 bits per heavy atom. The van der Waals surface area contributed by atoms with E-state index in [4.69, 9.17) is 16.6 Å². The van der Waals surface area contributed by atoms with Crippen molar-refractivity contribution >= 4 is 23.4 Å². The highest BCUT2D eigenvalue weighted by molar-refractivity contribution is 7.98. The SMILES string of the molecule is CSc1ccc(-c2nc(-c3cccc(Cl)c3)c(-c3ccncc3)n2O)cc1. The molecular weight excluding hydrogens is 378 g/mol. The molecule has 2 aromatic carbocycles. The highest BCUT2D eigenvalue weighted by atomic mass is 35.5. The topological polar surface area (TPSA) is 50.9 Å². The van der Waals surface area contributed by atoms with Gasteiger partial charge in [0.25, 0.3) is 0 Å². The van der Waals surface area contributed by atoms with Gasteiger partial charge in [0.2, 0.25) is 0 Å². The molecule has 0 atom stereocenters. The smallest absolute Gasteiger partial charge is 0.176 e. The second-order valence-electron chi connectivity index (χ2n) is 5.92. The van der Waals surface area contributed by atoms with E-state index in [2.05, 4.69) is 4.98 Å². The van der Waals surface area contributed by atoms with Gasteiger partial charge < -0.3 is 5.21 Å². The minimum absolute atomic E-state index is 0.476. The minimum atomic E-state index is 0.476. The van der Waals surface area contributed by atoms with Crippen molar-refractivity contribution in [3.05, 3.63) is 78.1 Å². The molecule has 0 unspecified atom stereocenters. The molecule has 0 saturated carbocycles. The number of aromatic nitrogens is 3. The molecule has 0 spiro atoms. The Labute approximate surface area is 166 Å². The van der Waals surface area contributed by atoms with Crippen LogP contribution in [-0.2, 0) is 0 Å². The predicted octanol–water partition coefficient (Wildman–Crippen LogP) is 5.89. The number of thioether (sulfide) groups is 1. The molecule has 0 saturated heterocycles. The molecule has 4 nitrogen and oxygen atoms in total. The molecule has 0 bridgehead atoms. The van der Waals surface area contributed by atoms with Crippen molar-refractivity contribution in [1.29, 1.82) is 0 Å². The molecule has 0 radical (unpaired) electrons. The molecule has 0 fully saturated rings. The average Bonchev–Trinajstić information content (AvgIpc) is 3.06. The molecule has 27 heavy (non-hydrogen) atoms. The number of nitrogens with zero attached hydrogens (tertiary/aromatic N) is 3. The summed E-state index contributed by atoms with van der Waals surface area (Å²) in [5.74, 6) is 0.476. The number of hydrogen-bond acceptors (Lipinski definition) is 4. The van der Waals surface area contributed by atoms with Crippen LogP contribution in [0.2, 0.25) is 5.02 Å².